The molecule has 1 aromatic rings. The van der Waals surface area contributed by atoms with Crippen molar-refractivity contribution in [2.75, 3.05) is 19.6 Å². The summed E-state index contributed by atoms with van der Waals surface area (Å²) < 4.78 is 0. The predicted octanol–water partition coefficient (Wildman–Crippen LogP) is 1.36. The molecular formula is C15H23N3O. The lowest BCUT2D eigenvalue weighted by Gasteiger charge is -2.28. The average molecular weight is 261 g/mol. The number of nitrogens with zero attached hydrogens (tertiary/aromatic N) is 1. The maximum atomic E-state index is 11.5. The second kappa shape index (κ2) is 6.68. The van der Waals surface area contributed by atoms with Crippen LogP contribution >= 0.6 is 0 Å². The standard InChI is InChI=1S/C15H23N3O/c1-2-9-18(13-7-8-17-10-13)11-12-5-3-4-6-14(12)15(16)19/h3-6,13,17H,2,7-11H2,1H3,(H2,16,19). The van der Waals surface area contributed by atoms with Crippen LogP contribution in [-0.4, -0.2) is 36.5 Å². The number of primary amides is 1. The summed E-state index contributed by atoms with van der Waals surface area (Å²) in [5.41, 5.74) is 7.13. The van der Waals surface area contributed by atoms with Crippen molar-refractivity contribution < 1.29 is 4.79 Å². The Hall–Kier alpha value is -1.39. The number of amides is 1. The van der Waals surface area contributed by atoms with Gasteiger partial charge in [0.2, 0.25) is 5.91 Å². The monoisotopic (exact) mass is 261 g/mol. The molecule has 19 heavy (non-hydrogen) atoms. The number of carbonyl (C=O) groups excluding carboxylic acids is 1. The van der Waals surface area contributed by atoms with Crippen LogP contribution in [0.2, 0.25) is 0 Å². The van der Waals surface area contributed by atoms with Gasteiger partial charge in [-0.1, -0.05) is 25.1 Å². The van der Waals surface area contributed by atoms with Crippen LogP contribution in [0.25, 0.3) is 0 Å². The van der Waals surface area contributed by atoms with E-state index in [1.54, 1.807) is 0 Å². The third-order valence-electron chi connectivity index (χ3n) is 3.72. The SMILES string of the molecule is CCCN(Cc1ccccc1C(N)=O)C1CCNC1. The van der Waals surface area contributed by atoms with Crippen molar-refractivity contribution in [3.8, 4) is 0 Å². The van der Waals surface area contributed by atoms with E-state index in [2.05, 4.69) is 17.1 Å². The highest BCUT2D eigenvalue weighted by atomic mass is 16.1. The van der Waals surface area contributed by atoms with Gasteiger partial charge in [0.1, 0.15) is 0 Å². The van der Waals surface area contributed by atoms with Crippen LogP contribution in [0, 0.1) is 0 Å². The molecule has 0 aromatic heterocycles. The van der Waals surface area contributed by atoms with E-state index in [0.717, 1.165) is 38.2 Å². The lowest BCUT2D eigenvalue weighted by molar-refractivity contribution is 0.0997. The normalized spacial score (nSPS) is 18.9. The fourth-order valence-electron chi connectivity index (χ4n) is 2.75. The van der Waals surface area contributed by atoms with Gasteiger partial charge in [0.25, 0.3) is 0 Å². The predicted molar refractivity (Wildman–Crippen MR) is 76.9 cm³/mol. The zero-order valence-electron chi connectivity index (χ0n) is 11.6. The summed E-state index contributed by atoms with van der Waals surface area (Å²) in [4.78, 5) is 13.9. The Labute approximate surface area is 115 Å². The van der Waals surface area contributed by atoms with Crippen molar-refractivity contribution in [1.29, 1.82) is 0 Å². The van der Waals surface area contributed by atoms with Crippen molar-refractivity contribution in [3.63, 3.8) is 0 Å². The van der Waals surface area contributed by atoms with Crippen LogP contribution < -0.4 is 11.1 Å². The van der Waals surface area contributed by atoms with E-state index in [9.17, 15) is 4.79 Å². The van der Waals surface area contributed by atoms with E-state index in [4.69, 9.17) is 5.73 Å². The highest BCUT2D eigenvalue weighted by Gasteiger charge is 2.22. The number of nitrogens with one attached hydrogen (secondary N) is 1. The molecular weight excluding hydrogens is 238 g/mol. The van der Waals surface area contributed by atoms with Gasteiger partial charge < -0.3 is 11.1 Å². The molecule has 1 unspecified atom stereocenters. The van der Waals surface area contributed by atoms with Gasteiger partial charge >= 0.3 is 0 Å². The highest BCUT2D eigenvalue weighted by Crippen LogP contribution is 2.16. The van der Waals surface area contributed by atoms with Crippen LogP contribution in [0.5, 0.6) is 0 Å². The second-order valence-electron chi connectivity index (χ2n) is 5.14. The van der Waals surface area contributed by atoms with E-state index in [-0.39, 0.29) is 5.91 Å². The maximum absolute atomic E-state index is 11.5. The molecule has 1 aromatic carbocycles. The summed E-state index contributed by atoms with van der Waals surface area (Å²) in [5.74, 6) is -0.336. The Morgan fingerprint density at radius 1 is 1.47 bits per heavy atom. The number of nitrogens with two attached hydrogens (primary N) is 1. The minimum Gasteiger partial charge on any atom is -0.366 e. The lowest BCUT2D eigenvalue weighted by Crippen LogP contribution is -2.37. The summed E-state index contributed by atoms with van der Waals surface area (Å²) in [6.45, 7) is 6.18. The van der Waals surface area contributed by atoms with E-state index < -0.39 is 0 Å². The quantitative estimate of drug-likeness (QED) is 0.813. The maximum Gasteiger partial charge on any atom is 0.249 e. The van der Waals surface area contributed by atoms with Gasteiger partial charge in [-0.2, -0.15) is 0 Å². The van der Waals surface area contributed by atoms with Crippen LogP contribution in [0.15, 0.2) is 24.3 Å². The Morgan fingerprint density at radius 2 is 2.26 bits per heavy atom. The fraction of sp³-hybridized carbons (Fsp3) is 0.533. The minimum atomic E-state index is -0.336. The van der Waals surface area contributed by atoms with Gasteiger partial charge in [-0.25, -0.2) is 0 Å². The van der Waals surface area contributed by atoms with Crippen LogP contribution in [-0.2, 0) is 6.54 Å². The molecule has 104 valence electrons. The van der Waals surface area contributed by atoms with Crippen molar-refractivity contribution in [2.45, 2.75) is 32.4 Å². The van der Waals surface area contributed by atoms with Crippen LogP contribution in [0.3, 0.4) is 0 Å². The Balaban J connectivity index is 2.14. The molecule has 4 heteroatoms. The first-order valence-electron chi connectivity index (χ1n) is 7.05. The van der Waals surface area contributed by atoms with E-state index in [0.29, 0.717) is 11.6 Å². The summed E-state index contributed by atoms with van der Waals surface area (Å²) in [6.07, 6.45) is 2.30. The number of benzene rings is 1. The molecule has 0 spiro atoms. The molecule has 3 N–H and O–H groups in total. The number of rotatable bonds is 6. The van der Waals surface area contributed by atoms with Gasteiger partial charge in [-0.05, 0) is 37.6 Å². The van der Waals surface area contributed by atoms with Gasteiger partial charge in [0.15, 0.2) is 0 Å². The smallest absolute Gasteiger partial charge is 0.249 e. The largest absolute Gasteiger partial charge is 0.366 e. The molecule has 1 aliphatic heterocycles. The number of hydrogen-bond acceptors (Lipinski definition) is 3. The minimum absolute atomic E-state index is 0.336. The van der Waals surface area contributed by atoms with E-state index in [1.165, 1.54) is 6.42 Å². The first kappa shape index (κ1) is 14.0. The van der Waals surface area contributed by atoms with Crippen LogP contribution in [0.1, 0.15) is 35.7 Å². The third kappa shape index (κ3) is 3.55. The van der Waals surface area contributed by atoms with Crippen molar-refractivity contribution in [3.05, 3.63) is 35.4 Å². The Kier molecular flexibility index (Phi) is 4.93. The second-order valence-corrected chi connectivity index (χ2v) is 5.14. The molecule has 0 saturated carbocycles. The summed E-state index contributed by atoms with van der Waals surface area (Å²) in [6, 6.07) is 8.23. The van der Waals surface area contributed by atoms with Gasteiger partial charge in [-0.3, -0.25) is 9.69 Å². The molecule has 0 bridgehead atoms. The molecule has 1 heterocycles. The Bertz CT molecular complexity index is 427. The number of hydrogen-bond donors (Lipinski definition) is 2. The van der Waals surface area contributed by atoms with Crippen molar-refractivity contribution in [1.82, 2.24) is 10.2 Å². The fourth-order valence-corrected chi connectivity index (χ4v) is 2.75. The first-order valence-corrected chi connectivity index (χ1v) is 7.05. The topological polar surface area (TPSA) is 58.4 Å². The van der Waals surface area contributed by atoms with Gasteiger partial charge in [0, 0.05) is 24.7 Å². The molecule has 4 nitrogen and oxygen atoms in total. The van der Waals surface area contributed by atoms with Gasteiger partial charge in [-0.15, -0.1) is 0 Å². The van der Waals surface area contributed by atoms with Crippen molar-refractivity contribution in [2.24, 2.45) is 5.73 Å². The zero-order valence-corrected chi connectivity index (χ0v) is 11.6. The molecule has 1 atom stereocenters. The van der Waals surface area contributed by atoms with E-state index >= 15 is 0 Å². The summed E-state index contributed by atoms with van der Waals surface area (Å²) in [7, 11) is 0. The number of carbonyl (C=O) groups is 1. The lowest BCUT2D eigenvalue weighted by atomic mass is 10.1. The van der Waals surface area contributed by atoms with Crippen LogP contribution in [0.4, 0.5) is 0 Å². The zero-order chi connectivity index (χ0) is 13.7. The van der Waals surface area contributed by atoms with Gasteiger partial charge in [0.05, 0.1) is 0 Å². The Morgan fingerprint density at radius 3 is 2.89 bits per heavy atom. The third-order valence-corrected chi connectivity index (χ3v) is 3.72. The molecule has 1 fully saturated rings. The molecule has 0 radical (unpaired) electrons. The molecule has 1 saturated heterocycles. The molecule has 1 aliphatic rings. The average Bonchev–Trinajstić information content (AvgIpc) is 2.92. The van der Waals surface area contributed by atoms with Crippen molar-refractivity contribution >= 4 is 5.91 Å². The first-order chi connectivity index (χ1) is 9.22. The summed E-state index contributed by atoms with van der Waals surface area (Å²) in [5, 5.41) is 3.40. The highest BCUT2D eigenvalue weighted by molar-refractivity contribution is 5.94. The molecule has 0 aliphatic carbocycles. The molecule has 2 rings (SSSR count). The van der Waals surface area contributed by atoms with E-state index in [1.807, 2.05) is 24.3 Å². The summed E-state index contributed by atoms with van der Waals surface area (Å²) >= 11 is 0. The molecule has 1 amide bonds.